The molecule has 0 spiro atoms. The maximum Gasteiger partial charge on any atom is 0.106 e. The van der Waals surface area contributed by atoms with Gasteiger partial charge in [-0.15, -0.1) is 0 Å². The number of alkyl halides is 1. The largest absolute Gasteiger partial charge is 0.396 e. The van der Waals surface area contributed by atoms with Crippen LogP contribution in [0.1, 0.15) is 12.8 Å². The number of hydrogen-bond donors (Lipinski definition) is 1. The second-order valence-electron chi connectivity index (χ2n) is 3.34. The lowest BCUT2D eigenvalue weighted by molar-refractivity contribution is 0.136. The Bertz CT molecular complexity index is 121. The highest BCUT2D eigenvalue weighted by molar-refractivity contribution is 4.75. The van der Waals surface area contributed by atoms with Gasteiger partial charge >= 0.3 is 0 Å². The van der Waals surface area contributed by atoms with Gasteiger partial charge in [0.2, 0.25) is 0 Å². The van der Waals surface area contributed by atoms with Gasteiger partial charge in [0.05, 0.1) is 0 Å². The monoisotopic (exact) mass is 161 g/mol. The predicted molar refractivity (Wildman–Crippen MR) is 42.2 cm³/mol. The van der Waals surface area contributed by atoms with E-state index >= 15 is 0 Å². The second-order valence-corrected chi connectivity index (χ2v) is 3.34. The fourth-order valence-corrected chi connectivity index (χ4v) is 1.46. The third kappa shape index (κ3) is 2.42. The second kappa shape index (κ2) is 4.02. The van der Waals surface area contributed by atoms with Crippen molar-refractivity contribution >= 4 is 0 Å². The summed E-state index contributed by atoms with van der Waals surface area (Å²) in [6.45, 7) is 1.72. The first kappa shape index (κ1) is 8.94. The minimum Gasteiger partial charge on any atom is -0.396 e. The minimum atomic E-state index is -0.801. The number of halogens is 1. The summed E-state index contributed by atoms with van der Waals surface area (Å²) in [6, 6.07) is 0. The molecular formula is C8H16FNO. The molecule has 2 nitrogen and oxygen atoms in total. The van der Waals surface area contributed by atoms with E-state index < -0.39 is 6.17 Å². The van der Waals surface area contributed by atoms with E-state index in [0.717, 1.165) is 19.5 Å². The average molecular weight is 161 g/mol. The van der Waals surface area contributed by atoms with Crippen LogP contribution >= 0.6 is 0 Å². The summed E-state index contributed by atoms with van der Waals surface area (Å²) in [4.78, 5) is 2.11. The fraction of sp³-hybridized carbons (Fsp3) is 1.00. The highest BCUT2D eigenvalue weighted by Crippen LogP contribution is 2.19. The Morgan fingerprint density at radius 2 is 2.09 bits per heavy atom. The van der Waals surface area contributed by atoms with Gasteiger partial charge in [0.15, 0.2) is 0 Å². The van der Waals surface area contributed by atoms with Crippen molar-refractivity contribution < 1.29 is 9.50 Å². The lowest BCUT2D eigenvalue weighted by atomic mass is 10.0. The van der Waals surface area contributed by atoms with Crippen LogP contribution in [0.25, 0.3) is 0 Å². The molecule has 0 amide bonds. The molecule has 11 heavy (non-hydrogen) atoms. The lowest BCUT2D eigenvalue weighted by Gasteiger charge is -2.13. The maximum absolute atomic E-state index is 13.1. The van der Waals surface area contributed by atoms with Crippen LogP contribution in [0.4, 0.5) is 4.39 Å². The Hall–Kier alpha value is -0.150. The van der Waals surface area contributed by atoms with Gasteiger partial charge in [0.1, 0.15) is 6.17 Å². The molecule has 1 heterocycles. The van der Waals surface area contributed by atoms with Crippen molar-refractivity contribution in [3.05, 3.63) is 0 Å². The molecule has 0 saturated carbocycles. The van der Waals surface area contributed by atoms with Crippen LogP contribution in [0.15, 0.2) is 0 Å². The molecule has 0 aromatic carbocycles. The molecule has 3 heteroatoms. The van der Waals surface area contributed by atoms with E-state index in [-0.39, 0.29) is 12.5 Å². The Morgan fingerprint density at radius 1 is 1.45 bits per heavy atom. The molecule has 0 bridgehead atoms. The average Bonchev–Trinajstić information content (AvgIpc) is 2.15. The number of aliphatic hydroxyl groups excluding tert-OH is 1. The molecule has 0 radical (unpaired) electrons. The first-order valence-corrected chi connectivity index (χ1v) is 4.17. The Labute approximate surface area is 67.0 Å². The topological polar surface area (TPSA) is 23.5 Å². The van der Waals surface area contributed by atoms with Crippen LogP contribution in [0.2, 0.25) is 0 Å². The molecule has 1 aliphatic rings. The highest BCUT2D eigenvalue weighted by Gasteiger charge is 2.23. The van der Waals surface area contributed by atoms with E-state index in [9.17, 15) is 4.39 Å². The molecule has 1 saturated heterocycles. The van der Waals surface area contributed by atoms with Gasteiger partial charge in [-0.1, -0.05) is 0 Å². The summed E-state index contributed by atoms with van der Waals surface area (Å²) in [7, 11) is 1.99. The molecule has 1 N–H and O–H groups in total. The predicted octanol–water partition coefficient (Wildman–Crippen LogP) is 0.659. The summed E-state index contributed by atoms with van der Waals surface area (Å²) in [5, 5.41) is 8.81. The summed E-state index contributed by atoms with van der Waals surface area (Å²) in [5.41, 5.74) is 0. The van der Waals surface area contributed by atoms with Crippen LogP contribution in [-0.4, -0.2) is 42.9 Å². The van der Waals surface area contributed by atoms with Crippen LogP contribution in [-0.2, 0) is 0 Å². The zero-order chi connectivity index (χ0) is 8.27. The van der Waals surface area contributed by atoms with E-state index in [1.165, 1.54) is 0 Å². The summed E-state index contributed by atoms with van der Waals surface area (Å²) in [5.74, 6) is -0.125. The van der Waals surface area contributed by atoms with Gasteiger partial charge in [0.25, 0.3) is 0 Å². The van der Waals surface area contributed by atoms with Crippen molar-refractivity contribution in [2.24, 2.45) is 5.92 Å². The lowest BCUT2D eigenvalue weighted by Crippen LogP contribution is -2.19. The first-order valence-electron chi connectivity index (χ1n) is 4.17. The van der Waals surface area contributed by atoms with E-state index in [4.69, 9.17) is 5.11 Å². The van der Waals surface area contributed by atoms with E-state index in [1.54, 1.807) is 0 Å². The van der Waals surface area contributed by atoms with Crippen molar-refractivity contribution in [2.75, 3.05) is 26.7 Å². The smallest absolute Gasteiger partial charge is 0.106 e. The molecule has 66 valence electrons. The minimum absolute atomic E-state index is 0.00495. The molecule has 2 unspecified atom stereocenters. The zero-order valence-corrected chi connectivity index (χ0v) is 6.96. The van der Waals surface area contributed by atoms with Crippen molar-refractivity contribution in [3.63, 3.8) is 0 Å². The van der Waals surface area contributed by atoms with Gasteiger partial charge in [-0.25, -0.2) is 4.39 Å². The summed E-state index contributed by atoms with van der Waals surface area (Å²) < 4.78 is 13.1. The molecule has 0 aliphatic carbocycles. The Morgan fingerprint density at radius 3 is 2.73 bits per heavy atom. The number of nitrogens with zero attached hydrogens (tertiary/aromatic N) is 1. The molecular weight excluding hydrogens is 145 g/mol. The third-order valence-electron chi connectivity index (χ3n) is 2.41. The normalized spacial score (nSPS) is 35.2. The first-order chi connectivity index (χ1) is 5.24. The molecule has 0 aromatic rings. The molecule has 1 aliphatic heterocycles. The van der Waals surface area contributed by atoms with E-state index in [1.807, 2.05) is 7.05 Å². The highest BCUT2D eigenvalue weighted by atomic mass is 19.1. The van der Waals surface area contributed by atoms with Gasteiger partial charge in [0, 0.05) is 19.1 Å². The number of hydrogen-bond acceptors (Lipinski definition) is 2. The van der Waals surface area contributed by atoms with Crippen molar-refractivity contribution in [2.45, 2.75) is 19.0 Å². The molecule has 2 atom stereocenters. The van der Waals surface area contributed by atoms with Crippen molar-refractivity contribution in [3.8, 4) is 0 Å². The van der Waals surface area contributed by atoms with Crippen LogP contribution in [0.5, 0.6) is 0 Å². The number of aliphatic hydroxyl groups is 1. The van der Waals surface area contributed by atoms with E-state index in [0.29, 0.717) is 6.42 Å². The molecule has 1 rings (SSSR count). The SMILES string of the molecule is CN1CCC(F)C(CO)CC1. The van der Waals surface area contributed by atoms with Crippen LogP contribution in [0, 0.1) is 5.92 Å². The molecule has 0 aromatic heterocycles. The number of rotatable bonds is 1. The van der Waals surface area contributed by atoms with Gasteiger partial charge in [-0.2, -0.15) is 0 Å². The quantitative estimate of drug-likeness (QED) is 0.610. The van der Waals surface area contributed by atoms with Crippen molar-refractivity contribution in [1.29, 1.82) is 0 Å². The van der Waals surface area contributed by atoms with Gasteiger partial charge in [-0.05, 0) is 26.4 Å². The summed E-state index contributed by atoms with van der Waals surface area (Å²) in [6.07, 6.45) is 0.556. The Kier molecular flexibility index (Phi) is 3.27. The van der Waals surface area contributed by atoms with E-state index in [2.05, 4.69) is 4.90 Å². The summed E-state index contributed by atoms with van der Waals surface area (Å²) >= 11 is 0. The van der Waals surface area contributed by atoms with Crippen LogP contribution < -0.4 is 0 Å². The zero-order valence-electron chi connectivity index (χ0n) is 6.96. The van der Waals surface area contributed by atoms with Crippen molar-refractivity contribution in [1.82, 2.24) is 4.90 Å². The Balaban J connectivity index is 2.41. The maximum atomic E-state index is 13.1. The third-order valence-corrected chi connectivity index (χ3v) is 2.41. The van der Waals surface area contributed by atoms with Crippen LogP contribution in [0.3, 0.4) is 0 Å². The fourth-order valence-electron chi connectivity index (χ4n) is 1.46. The van der Waals surface area contributed by atoms with Gasteiger partial charge in [-0.3, -0.25) is 0 Å². The number of likely N-dealkylation sites (tertiary alicyclic amines) is 1. The van der Waals surface area contributed by atoms with Gasteiger partial charge < -0.3 is 10.0 Å². The molecule has 1 fully saturated rings. The standard InChI is InChI=1S/C8H16FNO/c1-10-4-2-7(6-11)8(9)3-5-10/h7-8,11H,2-6H2,1H3.